The maximum atomic E-state index is 12.3. The number of alkyl carbamates (subject to hydrolysis) is 1. The number of hydrogen-bond acceptors (Lipinski definition) is 4. The second kappa shape index (κ2) is 9.88. The molecule has 1 heterocycles. The lowest BCUT2D eigenvalue weighted by Gasteiger charge is -2.32. The van der Waals surface area contributed by atoms with Crippen molar-refractivity contribution in [3.63, 3.8) is 0 Å². The van der Waals surface area contributed by atoms with Crippen LogP contribution in [0.3, 0.4) is 0 Å². The molecule has 6 nitrogen and oxygen atoms in total. The van der Waals surface area contributed by atoms with Crippen LogP contribution in [0.15, 0.2) is 18.2 Å². The molecular weight excluding hydrogens is 379 g/mol. The molecule has 1 aromatic carbocycles. The summed E-state index contributed by atoms with van der Waals surface area (Å²) < 4.78 is 10.6. The van der Waals surface area contributed by atoms with Gasteiger partial charge in [0.05, 0.1) is 11.6 Å². The zero-order valence-electron chi connectivity index (χ0n) is 15.0. The van der Waals surface area contributed by atoms with Gasteiger partial charge in [0.2, 0.25) is 0 Å². The normalized spacial score (nSPS) is 15.0. The maximum Gasteiger partial charge on any atom is 0.407 e. The number of ether oxygens (including phenoxy) is 2. The second-order valence-corrected chi connectivity index (χ2v) is 7.50. The number of carbonyl (C=O) groups excluding carboxylic acids is 2. The molecule has 1 saturated heterocycles. The minimum atomic E-state index is -0.399. The maximum absolute atomic E-state index is 12.3. The van der Waals surface area contributed by atoms with Gasteiger partial charge in [0.15, 0.2) is 6.61 Å². The molecule has 26 heavy (non-hydrogen) atoms. The Kier molecular flexibility index (Phi) is 7.85. The van der Waals surface area contributed by atoms with Crippen molar-refractivity contribution in [2.45, 2.75) is 32.7 Å². The highest BCUT2D eigenvalue weighted by Gasteiger charge is 2.24. The first-order chi connectivity index (χ1) is 12.3. The van der Waals surface area contributed by atoms with Gasteiger partial charge in [-0.1, -0.05) is 37.0 Å². The molecule has 144 valence electrons. The summed E-state index contributed by atoms with van der Waals surface area (Å²) in [5, 5.41) is 3.72. The van der Waals surface area contributed by atoms with Crippen molar-refractivity contribution >= 4 is 35.2 Å². The van der Waals surface area contributed by atoms with Crippen LogP contribution < -0.4 is 10.1 Å². The highest BCUT2D eigenvalue weighted by atomic mass is 35.5. The van der Waals surface area contributed by atoms with Crippen LogP contribution in [0.2, 0.25) is 10.0 Å². The molecule has 1 fully saturated rings. The van der Waals surface area contributed by atoms with Crippen LogP contribution >= 0.6 is 23.2 Å². The van der Waals surface area contributed by atoms with Crippen LogP contribution in [0, 0.1) is 5.92 Å². The molecule has 2 amide bonds. The quantitative estimate of drug-likeness (QED) is 0.786. The van der Waals surface area contributed by atoms with Gasteiger partial charge in [0.25, 0.3) is 5.91 Å². The molecule has 0 saturated carbocycles. The molecule has 0 bridgehead atoms. The summed E-state index contributed by atoms with van der Waals surface area (Å²) in [6, 6.07) is 4.88. The highest BCUT2D eigenvalue weighted by Crippen LogP contribution is 2.27. The van der Waals surface area contributed by atoms with Crippen molar-refractivity contribution < 1.29 is 19.1 Å². The summed E-state index contributed by atoms with van der Waals surface area (Å²) in [5.41, 5.74) is 0. The Bertz CT molecular complexity index is 632. The lowest BCUT2D eigenvalue weighted by atomic mass is 10.1. The van der Waals surface area contributed by atoms with E-state index in [-0.39, 0.29) is 18.6 Å². The third-order valence-corrected chi connectivity index (χ3v) is 4.49. The number of piperidine rings is 1. The van der Waals surface area contributed by atoms with Crippen molar-refractivity contribution in [2.24, 2.45) is 5.92 Å². The highest BCUT2D eigenvalue weighted by molar-refractivity contribution is 6.35. The van der Waals surface area contributed by atoms with Gasteiger partial charge in [-0.05, 0) is 37.0 Å². The SMILES string of the molecule is CC(C)COC(=O)NC1CCN(C(=O)COc2ccc(Cl)cc2Cl)CC1. The van der Waals surface area contributed by atoms with Crippen molar-refractivity contribution in [1.82, 2.24) is 10.2 Å². The predicted molar refractivity (Wildman–Crippen MR) is 101 cm³/mol. The number of benzene rings is 1. The minimum absolute atomic E-state index is 0.0188. The lowest BCUT2D eigenvalue weighted by molar-refractivity contribution is -0.134. The molecule has 1 aromatic rings. The fourth-order valence-electron chi connectivity index (χ4n) is 2.55. The standard InChI is InChI=1S/C18H24Cl2N2O4/c1-12(2)10-26-18(24)21-14-5-7-22(8-6-14)17(23)11-25-16-4-3-13(19)9-15(16)20/h3-4,9,12,14H,5-8,10-11H2,1-2H3,(H,21,24). The Morgan fingerprint density at radius 1 is 1.27 bits per heavy atom. The first-order valence-electron chi connectivity index (χ1n) is 8.64. The number of amides is 2. The molecule has 8 heteroatoms. The summed E-state index contributed by atoms with van der Waals surface area (Å²) in [7, 11) is 0. The summed E-state index contributed by atoms with van der Waals surface area (Å²) in [6.07, 6.45) is 0.971. The number of halogens is 2. The zero-order chi connectivity index (χ0) is 19.1. The van der Waals surface area contributed by atoms with Gasteiger partial charge in [0, 0.05) is 24.2 Å². The number of nitrogens with zero attached hydrogens (tertiary/aromatic N) is 1. The second-order valence-electron chi connectivity index (χ2n) is 6.66. The van der Waals surface area contributed by atoms with E-state index >= 15 is 0 Å². The Balaban J connectivity index is 1.71. The third-order valence-electron chi connectivity index (χ3n) is 3.96. The fraction of sp³-hybridized carbons (Fsp3) is 0.556. The monoisotopic (exact) mass is 402 g/mol. The average molecular weight is 403 g/mol. The van der Waals surface area contributed by atoms with Gasteiger partial charge < -0.3 is 19.7 Å². The van der Waals surface area contributed by atoms with E-state index < -0.39 is 6.09 Å². The van der Waals surface area contributed by atoms with Crippen LogP contribution in [-0.2, 0) is 9.53 Å². The van der Waals surface area contributed by atoms with E-state index in [4.69, 9.17) is 32.7 Å². The van der Waals surface area contributed by atoms with E-state index in [2.05, 4.69) is 5.32 Å². The molecule has 1 aliphatic heterocycles. The number of rotatable bonds is 6. The lowest BCUT2D eigenvalue weighted by Crippen LogP contribution is -2.47. The molecule has 1 aliphatic rings. The molecule has 1 N–H and O–H groups in total. The summed E-state index contributed by atoms with van der Waals surface area (Å²) in [5.74, 6) is 0.611. The molecule has 0 radical (unpaired) electrons. The van der Waals surface area contributed by atoms with Crippen LogP contribution in [0.4, 0.5) is 4.79 Å². The summed E-state index contributed by atoms with van der Waals surface area (Å²) >= 11 is 11.9. The molecule has 0 aliphatic carbocycles. The van der Waals surface area contributed by atoms with E-state index in [9.17, 15) is 9.59 Å². The number of hydrogen-bond donors (Lipinski definition) is 1. The summed E-state index contributed by atoms with van der Waals surface area (Å²) in [4.78, 5) is 25.7. The first kappa shape index (κ1) is 20.6. The Hall–Kier alpha value is -1.66. The van der Waals surface area contributed by atoms with Gasteiger partial charge in [0.1, 0.15) is 5.75 Å². The minimum Gasteiger partial charge on any atom is -0.482 e. The smallest absolute Gasteiger partial charge is 0.407 e. The molecule has 0 unspecified atom stereocenters. The van der Waals surface area contributed by atoms with Gasteiger partial charge in [-0.25, -0.2) is 4.79 Å². The van der Waals surface area contributed by atoms with E-state index in [1.54, 1.807) is 23.1 Å². The number of likely N-dealkylation sites (tertiary alicyclic amines) is 1. The number of nitrogens with one attached hydrogen (secondary N) is 1. The molecule has 0 aromatic heterocycles. The largest absolute Gasteiger partial charge is 0.482 e. The van der Waals surface area contributed by atoms with E-state index in [0.717, 1.165) is 0 Å². The van der Waals surface area contributed by atoms with Gasteiger partial charge in [-0.15, -0.1) is 0 Å². The Labute approximate surface area is 163 Å². The van der Waals surface area contributed by atoms with Gasteiger partial charge >= 0.3 is 6.09 Å². The van der Waals surface area contributed by atoms with Gasteiger partial charge in [-0.3, -0.25) is 4.79 Å². The molecular formula is C18H24Cl2N2O4. The molecule has 0 atom stereocenters. The van der Waals surface area contributed by atoms with E-state index in [1.165, 1.54) is 0 Å². The van der Waals surface area contributed by atoms with Crippen LogP contribution in [0.25, 0.3) is 0 Å². The summed E-state index contributed by atoms with van der Waals surface area (Å²) in [6.45, 7) is 5.40. The van der Waals surface area contributed by atoms with Crippen LogP contribution in [0.1, 0.15) is 26.7 Å². The van der Waals surface area contributed by atoms with Crippen molar-refractivity contribution in [2.75, 3.05) is 26.3 Å². The van der Waals surface area contributed by atoms with Crippen LogP contribution in [-0.4, -0.2) is 49.2 Å². The molecule has 0 spiro atoms. The van der Waals surface area contributed by atoms with Crippen molar-refractivity contribution in [1.29, 1.82) is 0 Å². The van der Waals surface area contributed by atoms with Crippen molar-refractivity contribution in [3.8, 4) is 5.75 Å². The zero-order valence-corrected chi connectivity index (χ0v) is 16.5. The van der Waals surface area contributed by atoms with E-state index in [0.29, 0.717) is 54.3 Å². The Morgan fingerprint density at radius 3 is 2.58 bits per heavy atom. The predicted octanol–water partition coefficient (Wildman–Crippen LogP) is 3.75. The third kappa shape index (κ3) is 6.57. The Morgan fingerprint density at radius 2 is 1.96 bits per heavy atom. The first-order valence-corrected chi connectivity index (χ1v) is 9.39. The van der Waals surface area contributed by atoms with Gasteiger partial charge in [-0.2, -0.15) is 0 Å². The fourth-order valence-corrected chi connectivity index (χ4v) is 3.01. The average Bonchev–Trinajstić information content (AvgIpc) is 2.59. The number of carbonyl (C=O) groups is 2. The topological polar surface area (TPSA) is 67.9 Å². The van der Waals surface area contributed by atoms with Crippen molar-refractivity contribution in [3.05, 3.63) is 28.2 Å². The van der Waals surface area contributed by atoms with Crippen LogP contribution in [0.5, 0.6) is 5.75 Å². The van der Waals surface area contributed by atoms with E-state index in [1.807, 2.05) is 13.8 Å². The molecule has 2 rings (SSSR count).